The van der Waals surface area contributed by atoms with Gasteiger partial charge in [-0.25, -0.2) is 0 Å². The second-order valence-corrected chi connectivity index (χ2v) is 3.73. The molecular weight excluding hydrogens is 243 g/mol. The molecule has 0 aliphatic rings. The lowest BCUT2D eigenvalue weighted by Gasteiger charge is -2.10. The third-order valence-electron chi connectivity index (χ3n) is 2.18. The number of hydrogen-bond acceptors (Lipinski definition) is 2. The van der Waals surface area contributed by atoms with Gasteiger partial charge < -0.3 is 10.1 Å². The molecule has 0 saturated heterocycles. The molecule has 0 amide bonds. The van der Waals surface area contributed by atoms with Gasteiger partial charge in [0.2, 0.25) is 0 Å². The van der Waals surface area contributed by atoms with Crippen molar-refractivity contribution in [2.75, 3.05) is 6.54 Å². The summed E-state index contributed by atoms with van der Waals surface area (Å²) in [5, 5.41) is 3.14. The van der Waals surface area contributed by atoms with Crippen molar-refractivity contribution in [2.45, 2.75) is 26.3 Å². The highest BCUT2D eigenvalue weighted by molar-refractivity contribution is 5.28. The van der Waals surface area contributed by atoms with Crippen LogP contribution in [0.15, 0.2) is 36.4 Å². The van der Waals surface area contributed by atoms with Gasteiger partial charge in [-0.3, -0.25) is 0 Å². The predicted molar refractivity (Wildman–Crippen MR) is 64.3 cm³/mol. The van der Waals surface area contributed by atoms with Gasteiger partial charge in [-0.15, -0.1) is 13.2 Å². The number of nitrogens with one attached hydrogen (secondary N) is 1. The van der Waals surface area contributed by atoms with Gasteiger partial charge in [-0.1, -0.05) is 24.3 Å². The van der Waals surface area contributed by atoms with Crippen LogP contribution in [0.3, 0.4) is 0 Å². The first kappa shape index (κ1) is 14.6. The Morgan fingerprint density at radius 1 is 1.33 bits per heavy atom. The van der Waals surface area contributed by atoms with Crippen LogP contribution in [0.1, 0.15) is 18.9 Å². The average Bonchev–Trinajstić information content (AvgIpc) is 2.27. The van der Waals surface area contributed by atoms with Crippen molar-refractivity contribution in [3.63, 3.8) is 0 Å². The summed E-state index contributed by atoms with van der Waals surface area (Å²) in [5.41, 5.74) is 0.761. The van der Waals surface area contributed by atoms with E-state index in [0.717, 1.165) is 18.5 Å². The van der Waals surface area contributed by atoms with Crippen LogP contribution < -0.4 is 10.1 Å². The van der Waals surface area contributed by atoms with Crippen LogP contribution in [-0.4, -0.2) is 12.9 Å². The van der Waals surface area contributed by atoms with Crippen LogP contribution in [-0.2, 0) is 6.54 Å². The molecule has 0 atom stereocenters. The van der Waals surface area contributed by atoms with Crippen molar-refractivity contribution < 1.29 is 17.9 Å². The quantitative estimate of drug-likeness (QED) is 0.622. The highest BCUT2D eigenvalue weighted by atomic mass is 19.4. The van der Waals surface area contributed by atoms with Gasteiger partial charge in [-0.2, -0.15) is 0 Å². The molecule has 0 bridgehead atoms. The van der Waals surface area contributed by atoms with E-state index >= 15 is 0 Å². The second-order valence-electron chi connectivity index (χ2n) is 3.73. The Labute approximate surface area is 104 Å². The normalized spacial score (nSPS) is 12.0. The molecule has 0 saturated carbocycles. The Kier molecular flexibility index (Phi) is 5.71. The molecule has 1 rings (SSSR count). The second kappa shape index (κ2) is 7.06. The number of halogens is 3. The summed E-state index contributed by atoms with van der Waals surface area (Å²) in [6.45, 7) is 3.25. The third kappa shape index (κ3) is 6.30. The first-order chi connectivity index (χ1) is 8.51. The first-order valence-corrected chi connectivity index (χ1v) is 5.68. The highest BCUT2D eigenvalue weighted by Gasteiger charge is 2.30. The fourth-order valence-corrected chi connectivity index (χ4v) is 1.44. The molecule has 100 valence electrons. The molecule has 2 nitrogen and oxygen atoms in total. The summed E-state index contributed by atoms with van der Waals surface area (Å²) in [4.78, 5) is 0. The summed E-state index contributed by atoms with van der Waals surface area (Å²) in [5.74, 6) is -0.185. The van der Waals surface area contributed by atoms with Gasteiger partial charge in [0.25, 0.3) is 0 Å². The monoisotopic (exact) mass is 259 g/mol. The molecule has 0 heterocycles. The smallest absolute Gasteiger partial charge is 0.406 e. The third-order valence-corrected chi connectivity index (χ3v) is 2.18. The van der Waals surface area contributed by atoms with Gasteiger partial charge in [0.15, 0.2) is 0 Å². The molecule has 0 aromatic heterocycles. The SMILES string of the molecule is C/C=C/CCNCc1cccc(OC(F)(F)F)c1. The van der Waals surface area contributed by atoms with E-state index in [1.807, 2.05) is 19.1 Å². The van der Waals surface area contributed by atoms with Crippen molar-refractivity contribution >= 4 is 0 Å². The van der Waals surface area contributed by atoms with Gasteiger partial charge in [0.1, 0.15) is 5.75 Å². The van der Waals surface area contributed by atoms with Crippen molar-refractivity contribution in [2.24, 2.45) is 0 Å². The van der Waals surface area contributed by atoms with E-state index in [4.69, 9.17) is 0 Å². The van der Waals surface area contributed by atoms with E-state index in [1.54, 1.807) is 12.1 Å². The first-order valence-electron chi connectivity index (χ1n) is 5.68. The number of rotatable bonds is 6. The lowest BCUT2D eigenvalue weighted by Crippen LogP contribution is -2.18. The maximum Gasteiger partial charge on any atom is 0.573 e. The summed E-state index contributed by atoms with van der Waals surface area (Å²) in [7, 11) is 0. The maximum absolute atomic E-state index is 12.0. The van der Waals surface area contributed by atoms with Crippen molar-refractivity contribution in [3.8, 4) is 5.75 Å². The molecule has 1 aromatic rings. The summed E-state index contributed by atoms with van der Waals surface area (Å²) in [6, 6.07) is 5.98. The van der Waals surface area contributed by atoms with Crippen molar-refractivity contribution in [1.82, 2.24) is 5.32 Å². The van der Waals surface area contributed by atoms with E-state index in [2.05, 4.69) is 10.1 Å². The van der Waals surface area contributed by atoms with E-state index < -0.39 is 6.36 Å². The van der Waals surface area contributed by atoms with Crippen molar-refractivity contribution in [3.05, 3.63) is 42.0 Å². The van der Waals surface area contributed by atoms with Crippen molar-refractivity contribution in [1.29, 1.82) is 0 Å². The molecule has 0 spiro atoms. The molecule has 0 unspecified atom stereocenters. The minimum atomic E-state index is -4.64. The van der Waals surface area contributed by atoms with E-state index in [9.17, 15) is 13.2 Å². The summed E-state index contributed by atoms with van der Waals surface area (Å²) < 4.78 is 39.9. The van der Waals surface area contributed by atoms with Gasteiger partial charge in [0, 0.05) is 6.54 Å². The molecular formula is C13H16F3NO. The number of ether oxygens (including phenoxy) is 1. The summed E-state index contributed by atoms with van der Waals surface area (Å²) in [6.07, 6.45) is 0.239. The molecule has 5 heteroatoms. The molecule has 1 N–H and O–H groups in total. The maximum atomic E-state index is 12.0. The fourth-order valence-electron chi connectivity index (χ4n) is 1.44. The largest absolute Gasteiger partial charge is 0.573 e. The standard InChI is InChI=1S/C13H16F3NO/c1-2-3-4-8-17-10-11-6-5-7-12(9-11)18-13(14,15)16/h2-3,5-7,9,17H,4,8,10H2,1H3/b3-2+. The number of benzene rings is 1. The van der Waals surface area contributed by atoms with E-state index in [0.29, 0.717) is 6.54 Å². The molecule has 0 radical (unpaired) electrons. The minimum Gasteiger partial charge on any atom is -0.406 e. The molecule has 0 aliphatic carbocycles. The lowest BCUT2D eigenvalue weighted by molar-refractivity contribution is -0.274. The predicted octanol–water partition coefficient (Wildman–Crippen LogP) is 3.64. The Morgan fingerprint density at radius 2 is 2.11 bits per heavy atom. The Morgan fingerprint density at radius 3 is 2.78 bits per heavy atom. The Bertz CT molecular complexity index is 388. The van der Waals surface area contributed by atoms with Crippen LogP contribution in [0, 0.1) is 0 Å². The topological polar surface area (TPSA) is 21.3 Å². The Hall–Kier alpha value is -1.49. The highest BCUT2D eigenvalue weighted by Crippen LogP contribution is 2.23. The number of allylic oxidation sites excluding steroid dienone is 1. The average molecular weight is 259 g/mol. The number of alkyl halides is 3. The number of hydrogen-bond donors (Lipinski definition) is 1. The van der Waals surface area contributed by atoms with Crippen LogP contribution >= 0.6 is 0 Å². The van der Waals surface area contributed by atoms with Gasteiger partial charge in [-0.05, 0) is 37.6 Å². The zero-order valence-electron chi connectivity index (χ0n) is 10.1. The van der Waals surface area contributed by atoms with Gasteiger partial charge in [0.05, 0.1) is 0 Å². The molecule has 18 heavy (non-hydrogen) atoms. The molecule has 1 aromatic carbocycles. The zero-order chi connectivity index (χ0) is 13.4. The molecule has 0 aliphatic heterocycles. The van der Waals surface area contributed by atoms with Crippen LogP contribution in [0.5, 0.6) is 5.75 Å². The Balaban J connectivity index is 2.44. The fraction of sp³-hybridized carbons (Fsp3) is 0.385. The summed E-state index contributed by atoms with van der Waals surface area (Å²) >= 11 is 0. The van der Waals surface area contributed by atoms with E-state index in [1.165, 1.54) is 12.1 Å². The lowest BCUT2D eigenvalue weighted by atomic mass is 10.2. The minimum absolute atomic E-state index is 0.185. The molecule has 0 fully saturated rings. The van der Waals surface area contributed by atoms with E-state index in [-0.39, 0.29) is 5.75 Å². The van der Waals surface area contributed by atoms with Crippen LogP contribution in [0.2, 0.25) is 0 Å². The van der Waals surface area contributed by atoms with Gasteiger partial charge >= 0.3 is 6.36 Å². The van der Waals surface area contributed by atoms with Crippen LogP contribution in [0.25, 0.3) is 0 Å². The zero-order valence-corrected chi connectivity index (χ0v) is 10.1. The van der Waals surface area contributed by atoms with Crippen LogP contribution in [0.4, 0.5) is 13.2 Å².